The van der Waals surface area contributed by atoms with Gasteiger partial charge in [0.1, 0.15) is 24.0 Å². The molecule has 0 unspecified atom stereocenters. The summed E-state index contributed by atoms with van der Waals surface area (Å²) < 4.78 is 42.4. The van der Waals surface area contributed by atoms with Crippen molar-refractivity contribution in [1.82, 2.24) is 9.55 Å². The van der Waals surface area contributed by atoms with Crippen LogP contribution in [0, 0.1) is 18.6 Å². The lowest BCUT2D eigenvalue weighted by molar-refractivity contribution is 0.0600. The normalized spacial score (nSPS) is 11.0. The minimum atomic E-state index is -0.536. The molecule has 39 heavy (non-hydrogen) atoms. The minimum Gasteiger partial charge on any atom is -0.488 e. The summed E-state index contributed by atoms with van der Waals surface area (Å²) in [7, 11) is 1.30. The number of carbonyl (C=O) groups is 1. The third-order valence-corrected chi connectivity index (χ3v) is 6.49. The number of methoxy groups -OCH3 is 1. The van der Waals surface area contributed by atoms with Crippen LogP contribution in [0.4, 0.5) is 8.78 Å². The molecule has 0 atom stereocenters. The first-order chi connectivity index (χ1) is 18.8. The molecule has 0 bridgehead atoms. The van der Waals surface area contributed by atoms with Gasteiger partial charge < -0.3 is 14.0 Å². The van der Waals surface area contributed by atoms with E-state index in [2.05, 4.69) is 11.6 Å². The topological polar surface area (TPSA) is 53.4 Å². The van der Waals surface area contributed by atoms with Crippen LogP contribution in [-0.2, 0) is 11.3 Å². The van der Waals surface area contributed by atoms with Crippen molar-refractivity contribution in [2.75, 3.05) is 7.11 Å². The third kappa shape index (κ3) is 4.91. The SMILES string of the molecule is C=C(C)c1c(-c2cncc(C(=O)OC)c2)c2c(OCc3ccccc3)cc(F)cc2n1-c1ccc(F)c(C)c1. The van der Waals surface area contributed by atoms with Crippen molar-refractivity contribution in [2.45, 2.75) is 20.5 Å². The number of allylic oxidation sites excluding steroid dienone is 1. The number of carbonyl (C=O) groups excluding carboxylic acids is 1. The number of hydrogen-bond donors (Lipinski definition) is 0. The maximum atomic E-state index is 15.2. The number of esters is 1. The van der Waals surface area contributed by atoms with Crippen molar-refractivity contribution in [3.8, 4) is 22.6 Å². The Labute approximate surface area is 225 Å². The lowest BCUT2D eigenvalue weighted by Gasteiger charge is -2.14. The van der Waals surface area contributed by atoms with Crippen molar-refractivity contribution in [2.24, 2.45) is 0 Å². The fourth-order valence-electron chi connectivity index (χ4n) is 4.72. The second-order valence-corrected chi connectivity index (χ2v) is 9.30. The zero-order valence-corrected chi connectivity index (χ0v) is 21.8. The highest BCUT2D eigenvalue weighted by Crippen LogP contribution is 2.45. The van der Waals surface area contributed by atoms with Gasteiger partial charge in [0.15, 0.2) is 0 Å². The number of benzene rings is 3. The molecule has 0 aliphatic heterocycles. The van der Waals surface area contributed by atoms with E-state index >= 15 is 4.39 Å². The van der Waals surface area contributed by atoms with E-state index in [0.717, 1.165) is 5.56 Å². The summed E-state index contributed by atoms with van der Waals surface area (Å²) in [5.41, 5.74) is 5.30. The molecule has 0 fully saturated rings. The van der Waals surface area contributed by atoms with E-state index in [1.54, 1.807) is 31.3 Å². The lowest BCUT2D eigenvalue weighted by Crippen LogP contribution is -2.03. The van der Waals surface area contributed by atoms with Crippen molar-refractivity contribution in [1.29, 1.82) is 0 Å². The number of aromatic nitrogens is 2. The van der Waals surface area contributed by atoms with Crippen molar-refractivity contribution in [3.63, 3.8) is 0 Å². The first-order valence-electron chi connectivity index (χ1n) is 12.3. The van der Waals surface area contributed by atoms with Crippen LogP contribution in [0.15, 0.2) is 85.7 Å². The molecule has 2 heterocycles. The van der Waals surface area contributed by atoms with Gasteiger partial charge in [-0.1, -0.05) is 36.9 Å². The molecular formula is C32H26F2N2O3. The molecule has 2 aromatic heterocycles. The number of nitrogens with zero attached hydrogens (tertiary/aromatic N) is 2. The van der Waals surface area contributed by atoms with Crippen molar-refractivity contribution < 1.29 is 23.0 Å². The van der Waals surface area contributed by atoms with Crippen LogP contribution in [0.25, 0.3) is 33.3 Å². The first kappa shape index (κ1) is 25.9. The van der Waals surface area contributed by atoms with Gasteiger partial charge in [0.25, 0.3) is 0 Å². The third-order valence-electron chi connectivity index (χ3n) is 6.49. The lowest BCUT2D eigenvalue weighted by atomic mass is 9.99. The van der Waals surface area contributed by atoms with E-state index in [0.29, 0.717) is 50.3 Å². The van der Waals surface area contributed by atoms with Crippen LogP contribution in [0.3, 0.4) is 0 Å². The molecule has 5 nitrogen and oxygen atoms in total. The molecular weight excluding hydrogens is 498 g/mol. The maximum Gasteiger partial charge on any atom is 0.339 e. The van der Waals surface area contributed by atoms with Crippen molar-refractivity contribution in [3.05, 3.63) is 120 Å². The van der Waals surface area contributed by atoms with E-state index < -0.39 is 11.8 Å². The summed E-state index contributed by atoms with van der Waals surface area (Å²) in [6.45, 7) is 7.93. The van der Waals surface area contributed by atoms with Gasteiger partial charge in [-0.3, -0.25) is 4.98 Å². The Kier molecular flexibility index (Phi) is 6.98. The predicted molar refractivity (Wildman–Crippen MR) is 148 cm³/mol. The van der Waals surface area contributed by atoms with E-state index in [9.17, 15) is 9.18 Å². The number of fused-ring (bicyclic) bond motifs is 1. The molecule has 5 rings (SSSR count). The Balaban J connectivity index is 1.86. The fraction of sp³-hybridized carbons (Fsp3) is 0.125. The van der Waals surface area contributed by atoms with E-state index in [-0.39, 0.29) is 18.0 Å². The van der Waals surface area contributed by atoms with Gasteiger partial charge in [-0.15, -0.1) is 0 Å². The first-order valence-corrected chi connectivity index (χ1v) is 12.3. The summed E-state index contributed by atoms with van der Waals surface area (Å²) >= 11 is 0. The molecule has 3 aromatic carbocycles. The van der Waals surface area contributed by atoms with Gasteiger partial charge in [-0.05, 0) is 60.9 Å². The highest BCUT2D eigenvalue weighted by molar-refractivity contribution is 6.07. The van der Waals surface area contributed by atoms with Crippen LogP contribution in [-0.4, -0.2) is 22.6 Å². The summed E-state index contributed by atoms with van der Waals surface area (Å²) in [6, 6.07) is 18.7. The molecule has 0 saturated heterocycles. The Morgan fingerprint density at radius 2 is 1.79 bits per heavy atom. The summed E-state index contributed by atoms with van der Waals surface area (Å²) in [6.07, 6.45) is 3.04. The summed E-state index contributed by atoms with van der Waals surface area (Å²) in [5, 5.41) is 0.608. The molecule has 5 aromatic rings. The predicted octanol–water partition coefficient (Wildman–Crippen LogP) is 7.68. The molecule has 7 heteroatoms. The Hall–Kier alpha value is -4.78. The van der Waals surface area contributed by atoms with E-state index in [1.807, 2.05) is 41.8 Å². The van der Waals surface area contributed by atoms with Gasteiger partial charge >= 0.3 is 5.97 Å². The highest BCUT2D eigenvalue weighted by atomic mass is 19.1. The maximum absolute atomic E-state index is 15.2. The fourth-order valence-corrected chi connectivity index (χ4v) is 4.72. The second-order valence-electron chi connectivity index (χ2n) is 9.30. The van der Waals surface area contributed by atoms with Crippen LogP contribution in [0.1, 0.15) is 34.1 Å². The Morgan fingerprint density at radius 3 is 2.49 bits per heavy atom. The molecule has 0 N–H and O–H groups in total. The molecule has 196 valence electrons. The minimum absolute atomic E-state index is 0.211. The molecule has 0 radical (unpaired) electrons. The van der Waals surface area contributed by atoms with E-state index in [4.69, 9.17) is 9.47 Å². The number of halogens is 2. The average Bonchev–Trinajstić information content (AvgIpc) is 3.28. The molecule has 0 spiro atoms. The largest absolute Gasteiger partial charge is 0.488 e. The number of pyridine rings is 1. The van der Waals surface area contributed by atoms with Gasteiger partial charge in [0, 0.05) is 35.3 Å². The smallest absolute Gasteiger partial charge is 0.339 e. The average molecular weight is 525 g/mol. The highest BCUT2D eigenvalue weighted by Gasteiger charge is 2.25. The summed E-state index contributed by atoms with van der Waals surface area (Å²) in [5.74, 6) is -1.07. The number of hydrogen-bond acceptors (Lipinski definition) is 4. The zero-order chi connectivity index (χ0) is 27.7. The quantitative estimate of drug-likeness (QED) is 0.205. The summed E-state index contributed by atoms with van der Waals surface area (Å²) in [4.78, 5) is 16.6. The van der Waals surface area contributed by atoms with Gasteiger partial charge in [-0.25, -0.2) is 13.6 Å². The van der Waals surface area contributed by atoms with Crippen LogP contribution >= 0.6 is 0 Å². The standard InChI is InChI=1S/C32H26F2N2O3/c1-19(2)31-29(22-13-23(17-35-16-22)32(37)38-4)30-27(36(31)25-10-11-26(34)20(3)12-25)14-24(33)15-28(30)39-18-21-8-6-5-7-9-21/h5-17H,1,18H2,2-4H3. The Morgan fingerprint density at radius 1 is 1.03 bits per heavy atom. The van der Waals surface area contributed by atoms with Gasteiger partial charge in [-0.2, -0.15) is 0 Å². The molecule has 0 aliphatic carbocycles. The van der Waals surface area contributed by atoms with Crippen LogP contribution in [0.2, 0.25) is 0 Å². The second kappa shape index (κ2) is 10.5. The van der Waals surface area contributed by atoms with E-state index in [1.165, 1.54) is 31.5 Å². The Bertz CT molecular complexity index is 1730. The molecule has 0 saturated carbocycles. The number of rotatable bonds is 7. The van der Waals surface area contributed by atoms with Crippen molar-refractivity contribution >= 4 is 22.4 Å². The molecule has 0 aliphatic rings. The van der Waals surface area contributed by atoms with Gasteiger partial charge in [0.2, 0.25) is 0 Å². The number of ether oxygens (including phenoxy) is 2. The monoisotopic (exact) mass is 524 g/mol. The van der Waals surface area contributed by atoms with Gasteiger partial charge in [0.05, 0.1) is 29.3 Å². The molecule has 0 amide bonds. The zero-order valence-electron chi connectivity index (χ0n) is 21.8. The number of aryl methyl sites for hydroxylation is 1. The van der Waals surface area contributed by atoms with Crippen LogP contribution in [0.5, 0.6) is 5.75 Å². The van der Waals surface area contributed by atoms with Crippen LogP contribution < -0.4 is 4.74 Å².